The lowest BCUT2D eigenvalue weighted by molar-refractivity contribution is -0.156. The van der Waals surface area contributed by atoms with E-state index in [1.165, 1.54) is 0 Å². The lowest BCUT2D eigenvalue weighted by Crippen LogP contribution is -2.42. The summed E-state index contributed by atoms with van der Waals surface area (Å²) in [4.78, 5) is 48.5. The molecule has 2 N–H and O–H groups in total. The number of amides is 3. The number of urea groups is 1. The number of nitrogens with one attached hydrogen (secondary N) is 2. The van der Waals surface area contributed by atoms with Crippen LogP contribution in [0.25, 0.3) is 0 Å². The number of ether oxygens (including phenoxy) is 1. The zero-order valence-corrected chi connectivity index (χ0v) is 16.6. The maximum Gasteiger partial charge on any atom is 0.321 e. The molecule has 0 aliphatic rings. The molecule has 0 aliphatic heterocycles. The number of hydrogen-bond donors (Lipinski definition) is 2. The zero-order chi connectivity index (χ0) is 21.2. The first-order valence-electron chi connectivity index (χ1n) is 9.02. The van der Waals surface area contributed by atoms with Crippen LogP contribution in [0.3, 0.4) is 0 Å². The van der Waals surface area contributed by atoms with Gasteiger partial charge in [0, 0.05) is 29.1 Å². The highest BCUT2D eigenvalue weighted by Crippen LogP contribution is 2.19. The largest absolute Gasteiger partial charge is 0.447 e. The van der Waals surface area contributed by atoms with Crippen LogP contribution < -0.4 is 10.6 Å². The number of rotatable bonds is 8. The first-order chi connectivity index (χ1) is 13.9. The fraction of sp³-hybridized carbons (Fsp3) is 0.238. The number of carbonyl (C=O) groups is 4. The molecule has 1 atom stereocenters. The average Bonchev–Trinajstić information content (AvgIpc) is 2.71. The van der Waals surface area contributed by atoms with Crippen LogP contribution in [0.4, 0.5) is 4.79 Å². The zero-order valence-electron chi connectivity index (χ0n) is 15.8. The summed E-state index contributed by atoms with van der Waals surface area (Å²) >= 11 is 5.79. The smallest absolute Gasteiger partial charge is 0.321 e. The molecular formula is C21H21ClN2O5. The molecule has 0 fully saturated rings. The van der Waals surface area contributed by atoms with Gasteiger partial charge in [-0.3, -0.25) is 19.7 Å². The number of Topliss-reactive ketones (excluding diaryl/α,β-unsaturated/α-hetero) is 1. The number of halogens is 1. The lowest BCUT2D eigenvalue weighted by Gasteiger charge is -2.17. The Bertz CT molecular complexity index is 868. The maximum atomic E-state index is 12.4. The van der Waals surface area contributed by atoms with E-state index in [0.717, 1.165) is 0 Å². The Morgan fingerprint density at radius 3 is 2.24 bits per heavy atom. The van der Waals surface area contributed by atoms with E-state index >= 15 is 0 Å². The summed E-state index contributed by atoms with van der Waals surface area (Å²) in [5, 5.41) is 5.07. The molecule has 0 aromatic heterocycles. The molecule has 2 aromatic carbocycles. The summed E-state index contributed by atoms with van der Waals surface area (Å²) in [6, 6.07) is 13.9. The molecule has 7 nitrogen and oxygen atoms in total. The Balaban J connectivity index is 2.01. The molecular weight excluding hydrogens is 396 g/mol. The number of esters is 1. The topological polar surface area (TPSA) is 102 Å². The van der Waals surface area contributed by atoms with Gasteiger partial charge in [0.1, 0.15) is 0 Å². The second-order valence-electron chi connectivity index (χ2n) is 6.06. The third-order valence-corrected chi connectivity index (χ3v) is 4.14. The second-order valence-corrected chi connectivity index (χ2v) is 6.50. The van der Waals surface area contributed by atoms with Gasteiger partial charge in [-0.1, -0.05) is 41.9 Å². The molecule has 29 heavy (non-hydrogen) atoms. The van der Waals surface area contributed by atoms with Crippen molar-refractivity contribution in [1.29, 1.82) is 0 Å². The van der Waals surface area contributed by atoms with Gasteiger partial charge in [-0.25, -0.2) is 4.79 Å². The van der Waals surface area contributed by atoms with Crippen molar-refractivity contribution in [3.63, 3.8) is 0 Å². The maximum absolute atomic E-state index is 12.4. The van der Waals surface area contributed by atoms with Crippen molar-refractivity contribution < 1.29 is 23.9 Å². The van der Waals surface area contributed by atoms with Crippen LogP contribution in [0, 0.1) is 0 Å². The highest BCUT2D eigenvalue weighted by Gasteiger charge is 2.26. The van der Waals surface area contributed by atoms with Crippen molar-refractivity contribution in [2.75, 3.05) is 6.54 Å². The minimum atomic E-state index is -1.31. The molecule has 0 saturated carbocycles. The molecule has 152 valence electrons. The summed E-state index contributed by atoms with van der Waals surface area (Å²) in [7, 11) is 0. The van der Waals surface area contributed by atoms with E-state index in [0.29, 0.717) is 22.7 Å². The Morgan fingerprint density at radius 2 is 1.62 bits per heavy atom. The fourth-order valence-corrected chi connectivity index (χ4v) is 2.60. The molecule has 0 radical (unpaired) electrons. The molecule has 0 spiro atoms. The summed E-state index contributed by atoms with van der Waals surface area (Å²) in [6.07, 6.45) is -1.60. The van der Waals surface area contributed by atoms with E-state index in [9.17, 15) is 19.2 Å². The van der Waals surface area contributed by atoms with Gasteiger partial charge in [0.15, 0.2) is 5.78 Å². The predicted octanol–water partition coefficient (Wildman–Crippen LogP) is 3.43. The van der Waals surface area contributed by atoms with Crippen molar-refractivity contribution in [2.24, 2.45) is 0 Å². The molecule has 0 aliphatic carbocycles. The van der Waals surface area contributed by atoms with Crippen LogP contribution in [0.1, 0.15) is 41.8 Å². The highest BCUT2D eigenvalue weighted by atomic mass is 35.5. The number of hydrogen-bond acceptors (Lipinski definition) is 5. The number of imide groups is 1. The lowest BCUT2D eigenvalue weighted by atomic mass is 10.1. The molecule has 2 aromatic rings. The minimum Gasteiger partial charge on any atom is -0.447 e. The van der Waals surface area contributed by atoms with Crippen molar-refractivity contribution in [3.8, 4) is 0 Å². The molecule has 0 bridgehead atoms. The number of ketones is 1. The Kier molecular flexibility index (Phi) is 8.36. The predicted molar refractivity (Wildman–Crippen MR) is 108 cm³/mol. The summed E-state index contributed by atoms with van der Waals surface area (Å²) in [5.74, 6) is -1.76. The normalized spacial score (nSPS) is 11.2. The Labute approximate surface area is 173 Å². The van der Waals surface area contributed by atoms with Gasteiger partial charge in [-0.2, -0.15) is 0 Å². The van der Waals surface area contributed by atoms with E-state index in [1.807, 2.05) is 0 Å². The van der Waals surface area contributed by atoms with E-state index in [-0.39, 0.29) is 18.6 Å². The molecule has 2 rings (SSSR count). The van der Waals surface area contributed by atoms with E-state index in [4.69, 9.17) is 16.3 Å². The van der Waals surface area contributed by atoms with Crippen molar-refractivity contribution in [3.05, 3.63) is 70.7 Å². The van der Waals surface area contributed by atoms with Gasteiger partial charge in [0.25, 0.3) is 5.91 Å². The Hall–Kier alpha value is -3.19. The van der Waals surface area contributed by atoms with Crippen molar-refractivity contribution in [2.45, 2.75) is 25.9 Å². The van der Waals surface area contributed by atoms with E-state index in [1.54, 1.807) is 61.5 Å². The van der Waals surface area contributed by atoms with E-state index < -0.39 is 24.0 Å². The van der Waals surface area contributed by atoms with Crippen molar-refractivity contribution >= 4 is 35.3 Å². The molecule has 8 heteroatoms. The van der Waals surface area contributed by atoms with Gasteiger partial charge in [-0.15, -0.1) is 0 Å². The summed E-state index contributed by atoms with van der Waals surface area (Å²) in [6.45, 7) is 2.04. The van der Waals surface area contributed by atoms with Crippen molar-refractivity contribution in [1.82, 2.24) is 10.6 Å². The highest BCUT2D eigenvalue weighted by molar-refractivity contribution is 6.30. The van der Waals surface area contributed by atoms with Crippen LogP contribution in [-0.2, 0) is 14.3 Å². The summed E-state index contributed by atoms with van der Waals surface area (Å²) in [5.41, 5.74) is 0.836. The van der Waals surface area contributed by atoms with Crippen LogP contribution >= 0.6 is 11.6 Å². The Morgan fingerprint density at radius 1 is 0.966 bits per heavy atom. The third-order valence-electron chi connectivity index (χ3n) is 3.89. The third kappa shape index (κ3) is 7.04. The second kappa shape index (κ2) is 11.0. The quantitative estimate of drug-likeness (QED) is 0.507. The SMILES string of the molecule is CCNC(=O)NC(=O)[C@@H](OC(=O)CCC(=O)c1ccc(Cl)cc1)c1ccccc1. The molecule has 0 unspecified atom stereocenters. The van der Waals surface area contributed by atoms with Crippen LogP contribution in [0.15, 0.2) is 54.6 Å². The van der Waals surface area contributed by atoms with Crippen LogP contribution in [-0.4, -0.2) is 30.2 Å². The standard InChI is InChI=1S/C21H21ClN2O5/c1-2-23-21(28)24-20(27)19(15-6-4-3-5-7-15)29-18(26)13-12-17(25)14-8-10-16(22)11-9-14/h3-11,19H,2,12-13H2,1H3,(H2,23,24,27,28)/t19-/m0/s1. The average molecular weight is 417 g/mol. The van der Waals surface area contributed by atoms with Gasteiger partial charge in [0.05, 0.1) is 6.42 Å². The van der Waals surface area contributed by atoms with Crippen LogP contribution in [0.2, 0.25) is 5.02 Å². The minimum absolute atomic E-state index is 0.0834. The van der Waals surface area contributed by atoms with Gasteiger partial charge < -0.3 is 10.1 Å². The first-order valence-corrected chi connectivity index (χ1v) is 9.40. The number of benzene rings is 2. The van der Waals surface area contributed by atoms with Gasteiger partial charge in [0.2, 0.25) is 6.10 Å². The molecule has 0 heterocycles. The van der Waals surface area contributed by atoms with E-state index in [2.05, 4.69) is 10.6 Å². The van der Waals surface area contributed by atoms with Gasteiger partial charge >= 0.3 is 12.0 Å². The van der Waals surface area contributed by atoms with Gasteiger partial charge in [-0.05, 0) is 31.2 Å². The molecule has 3 amide bonds. The number of carbonyl (C=O) groups excluding carboxylic acids is 4. The summed E-state index contributed by atoms with van der Waals surface area (Å²) < 4.78 is 5.28. The monoisotopic (exact) mass is 416 g/mol. The first kappa shape index (κ1) is 22.1. The van der Waals surface area contributed by atoms with Crippen LogP contribution in [0.5, 0.6) is 0 Å². The fourth-order valence-electron chi connectivity index (χ4n) is 2.47. The molecule has 0 saturated heterocycles.